The van der Waals surface area contributed by atoms with Crippen molar-refractivity contribution < 1.29 is 8.95 Å². The third kappa shape index (κ3) is 4.31. The minimum Gasteiger partial charge on any atom is -0.475 e. The van der Waals surface area contributed by atoms with E-state index in [9.17, 15) is 9.00 Å². The van der Waals surface area contributed by atoms with Crippen molar-refractivity contribution in [1.82, 2.24) is 19.8 Å². The molecule has 0 amide bonds. The van der Waals surface area contributed by atoms with E-state index >= 15 is 0 Å². The van der Waals surface area contributed by atoms with Gasteiger partial charge in [0.05, 0.1) is 22.2 Å². The van der Waals surface area contributed by atoms with E-state index in [-0.39, 0.29) is 12.3 Å². The fraction of sp³-hybridized carbons (Fsp3) is 0.318. The molecule has 1 atom stereocenters. The maximum Gasteiger partial charge on any atom is 0.368 e. The Labute approximate surface area is 187 Å². The van der Waals surface area contributed by atoms with Crippen LogP contribution in [0, 0.1) is 6.92 Å². The number of aryl methyl sites for hydroxylation is 2. The highest BCUT2D eigenvalue weighted by atomic mass is 32.2. The Kier molecular flexibility index (Phi) is 6.40. The SMILES string of the molecule is CCC(=NN=C1CCS(=O)c2ccccc21)OCc1c(C)cccc1-n1nnn(C)c1=O. The lowest BCUT2D eigenvalue weighted by molar-refractivity contribution is 0.282. The van der Waals surface area contributed by atoms with Gasteiger partial charge in [-0.25, -0.2) is 4.79 Å². The van der Waals surface area contributed by atoms with E-state index in [1.165, 1.54) is 9.36 Å². The Hall–Kier alpha value is -3.40. The van der Waals surface area contributed by atoms with Crippen LogP contribution in [0.25, 0.3) is 5.69 Å². The van der Waals surface area contributed by atoms with Gasteiger partial charge in [0.1, 0.15) is 6.61 Å². The Morgan fingerprint density at radius 2 is 2.00 bits per heavy atom. The number of hydrogen-bond acceptors (Lipinski definition) is 7. The van der Waals surface area contributed by atoms with Gasteiger partial charge in [-0.2, -0.15) is 14.5 Å². The second kappa shape index (κ2) is 9.39. The summed E-state index contributed by atoms with van der Waals surface area (Å²) in [5.41, 5.74) is 3.75. The van der Waals surface area contributed by atoms with Crippen LogP contribution in [0.5, 0.6) is 0 Å². The molecule has 0 fully saturated rings. The van der Waals surface area contributed by atoms with E-state index in [1.54, 1.807) is 7.05 Å². The molecule has 1 aliphatic heterocycles. The first-order valence-electron chi connectivity index (χ1n) is 10.3. The lowest BCUT2D eigenvalue weighted by Crippen LogP contribution is -2.23. The van der Waals surface area contributed by atoms with E-state index in [1.807, 2.05) is 56.3 Å². The zero-order valence-electron chi connectivity index (χ0n) is 18.2. The molecular formula is C22H24N6O3S. The third-order valence-corrected chi connectivity index (χ3v) is 6.69. The zero-order valence-corrected chi connectivity index (χ0v) is 19.0. The van der Waals surface area contributed by atoms with Gasteiger partial charge in [-0.1, -0.05) is 37.3 Å². The summed E-state index contributed by atoms with van der Waals surface area (Å²) in [5.74, 6) is 1.01. The maximum atomic E-state index is 12.3. The van der Waals surface area contributed by atoms with Crippen molar-refractivity contribution in [3.05, 3.63) is 69.6 Å². The first-order valence-corrected chi connectivity index (χ1v) is 11.6. The monoisotopic (exact) mass is 452 g/mol. The van der Waals surface area contributed by atoms with Crippen LogP contribution >= 0.6 is 0 Å². The van der Waals surface area contributed by atoms with Crippen LogP contribution in [0.2, 0.25) is 0 Å². The van der Waals surface area contributed by atoms with Gasteiger partial charge in [0.2, 0.25) is 5.90 Å². The largest absolute Gasteiger partial charge is 0.475 e. The molecule has 2 aromatic carbocycles. The Morgan fingerprint density at radius 1 is 1.19 bits per heavy atom. The fourth-order valence-corrected chi connectivity index (χ4v) is 4.71. The van der Waals surface area contributed by atoms with Crippen LogP contribution in [0.1, 0.15) is 36.5 Å². The summed E-state index contributed by atoms with van der Waals surface area (Å²) in [6.07, 6.45) is 1.15. The van der Waals surface area contributed by atoms with E-state index in [4.69, 9.17) is 4.74 Å². The lowest BCUT2D eigenvalue weighted by Gasteiger charge is -2.16. The summed E-state index contributed by atoms with van der Waals surface area (Å²) in [4.78, 5) is 13.1. The second-order valence-electron chi connectivity index (χ2n) is 7.35. The van der Waals surface area contributed by atoms with Crippen molar-refractivity contribution in [1.29, 1.82) is 0 Å². The van der Waals surface area contributed by atoms with Gasteiger partial charge in [-0.05, 0) is 35.0 Å². The molecule has 0 aliphatic carbocycles. The molecule has 2 heterocycles. The maximum absolute atomic E-state index is 12.3. The number of nitrogens with zero attached hydrogens (tertiary/aromatic N) is 6. The number of rotatable bonds is 5. The van der Waals surface area contributed by atoms with Crippen LogP contribution < -0.4 is 5.69 Å². The first kappa shape index (κ1) is 21.8. The van der Waals surface area contributed by atoms with Crippen molar-refractivity contribution in [3.8, 4) is 5.69 Å². The van der Waals surface area contributed by atoms with Crippen LogP contribution in [0.4, 0.5) is 0 Å². The number of aromatic nitrogens is 4. The topological polar surface area (TPSA) is 104 Å². The summed E-state index contributed by atoms with van der Waals surface area (Å²) in [6.45, 7) is 4.10. The van der Waals surface area contributed by atoms with Gasteiger partial charge in [0.15, 0.2) is 0 Å². The third-order valence-electron chi connectivity index (χ3n) is 5.27. The normalized spacial score (nSPS) is 17.4. The standard InChI is InChI=1S/C22H24N6O3S/c1-4-21(24-23-18-12-13-32(30)20-11-6-5-9-16(18)20)31-14-17-15(2)8-7-10-19(17)28-22(29)27(3)25-26-28/h5-11H,4,12-14H2,1-3H3. The van der Waals surface area contributed by atoms with Gasteiger partial charge < -0.3 is 4.74 Å². The van der Waals surface area contributed by atoms with Gasteiger partial charge in [-0.15, -0.1) is 5.10 Å². The van der Waals surface area contributed by atoms with Crippen LogP contribution in [0.15, 0.2) is 62.4 Å². The molecular weight excluding hydrogens is 428 g/mol. The summed E-state index contributed by atoms with van der Waals surface area (Å²) in [6, 6.07) is 13.2. The molecule has 0 saturated heterocycles. The second-order valence-corrected chi connectivity index (χ2v) is 8.89. The molecule has 32 heavy (non-hydrogen) atoms. The zero-order chi connectivity index (χ0) is 22.7. The van der Waals surface area contributed by atoms with Crippen LogP contribution in [-0.4, -0.2) is 41.4 Å². The summed E-state index contributed by atoms with van der Waals surface area (Å²) in [5, 5.41) is 16.5. The average molecular weight is 453 g/mol. The quantitative estimate of drug-likeness (QED) is 0.336. The van der Waals surface area contributed by atoms with Crippen molar-refractivity contribution in [3.63, 3.8) is 0 Å². The lowest BCUT2D eigenvalue weighted by atomic mass is 10.1. The predicted octanol–water partition coefficient (Wildman–Crippen LogP) is 2.52. The first-order chi connectivity index (χ1) is 15.5. The number of tetrazole rings is 1. The van der Waals surface area contributed by atoms with Gasteiger partial charge in [0, 0.05) is 41.7 Å². The molecule has 0 bridgehead atoms. The van der Waals surface area contributed by atoms with E-state index in [2.05, 4.69) is 20.6 Å². The van der Waals surface area contributed by atoms with Gasteiger partial charge >= 0.3 is 5.69 Å². The van der Waals surface area contributed by atoms with E-state index in [0.717, 1.165) is 27.3 Å². The fourth-order valence-electron chi connectivity index (χ4n) is 3.45. The van der Waals surface area contributed by atoms with E-state index in [0.29, 0.717) is 30.2 Å². The number of ether oxygens (including phenoxy) is 1. The molecule has 3 aromatic rings. The highest BCUT2D eigenvalue weighted by molar-refractivity contribution is 7.85. The number of benzene rings is 2. The molecule has 4 rings (SSSR count). The molecule has 9 nitrogen and oxygen atoms in total. The Morgan fingerprint density at radius 3 is 2.75 bits per heavy atom. The molecule has 0 saturated carbocycles. The summed E-state index contributed by atoms with van der Waals surface area (Å²) < 4.78 is 20.7. The van der Waals surface area contributed by atoms with E-state index < -0.39 is 10.8 Å². The van der Waals surface area contributed by atoms with Crippen molar-refractivity contribution in [2.24, 2.45) is 17.3 Å². The number of hydrogen-bond donors (Lipinski definition) is 0. The highest BCUT2D eigenvalue weighted by Gasteiger charge is 2.20. The minimum atomic E-state index is -1.01. The smallest absolute Gasteiger partial charge is 0.368 e. The average Bonchev–Trinajstić information content (AvgIpc) is 3.14. The molecule has 0 radical (unpaired) electrons. The molecule has 1 aromatic heterocycles. The molecule has 0 spiro atoms. The van der Waals surface area contributed by atoms with Crippen molar-refractivity contribution in [2.45, 2.75) is 38.2 Å². The predicted molar refractivity (Wildman–Crippen MR) is 123 cm³/mol. The van der Waals surface area contributed by atoms with Crippen LogP contribution in [-0.2, 0) is 29.2 Å². The number of fused-ring (bicyclic) bond motifs is 1. The molecule has 1 unspecified atom stereocenters. The van der Waals surface area contributed by atoms with Crippen LogP contribution in [0.3, 0.4) is 0 Å². The molecule has 0 N–H and O–H groups in total. The highest BCUT2D eigenvalue weighted by Crippen LogP contribution is 2.23. The Balaban J connectivity index is 1.59. The molecule has 166 valence electrons. The minimum absolute atomic E-state index is 0.211. The van der Waals surface area contributed by atoms with Gasteiger partial charge in [0.25, 0.3) is 0 Å². The Bertz CT molecular complexity index is 1290. The van der Waals surface area contributed by atoms with Gasteiger partial charge in [-0.3, -0.25) is 4.21 Å². The molecule has 1 aliphatic rings. The summed E-state index contributed by atoms with van der Waals surface area (Å²) >= 11 is 0. The summed E-state index contributed by atoms with van der Waals surface area (Å²) in [7, 11) is 0.548. The van der Waals surface area contributed by atoms with Crippen molar-refractivity contribution >= 4 is 22.4 Å². The van der Waals surface area contributed by atoms with Crippen molar-refractivity contribution in [2.75, 3.05) is 5.75 Å². The molecule has 10 heteroatoms.